The van der Waals surface area contributed by atoms with Gasteiger partial charge in [0.25, 0.3) is 0 Å². The molecule has 2 rings (SSSR count). The number of hydrogen-bond donors (Lipinski definition) is 1. The lowest BCUT2D eigenvalue weighted by molar-refractivity contribution is 0.00186. The Bertz CT molecular complexity index is 195. The normalized spacial score (nSPS) is 47.0. The van der Waals surface area contributed by atoms with E-state index in [2.05, 4.69) is 6.92 Å². The molecule has 0 spiro atoms. The van der Waals surface area contributed by atoms with E-state index in [0.717, 1.165) is 19.3 Å². The minimum Gasteiger partial charge on any atom is -0.390 e. The fraction of sp³-hybridized carbons (Fsp3) is 1.00. The monoisotopic (exact) mass is 170 g/mol. The fourth-order valence-electron chi connectivity index (χ4n) is 2.29. The highest BCUT2D eigenvalue weighted by Crippen LogP contribution is 2.51. The summed E-state index contributed by atoms with van der Waals surface area (Å²) in [5.41, 5.74) is -0.338. The van der Waals surface area contributed by atoms with Crippen molar-refractivity contribution in [1.82, 2.24) is 0 Å². The van der Waals surface area contributed by atoms with E-state index in [4.69, 9.17) is 4.74 Å². The van der Waals surface area contributed by atoms with E-state index in [0.29, 0.717) is 12.0 Å². The molecular weight excluding hydrogens is 152 g/mol. The summed E-state index contributed by atoms with van der Waals surface area (Å²) in [7, 11) is 0. The van der Waals surface area contributed by atoms with Gasteiger partial charge in [-0.1, -0.05) is 0 Å². The number of hydrogen-bond acceptors (Lipinski definition) is 2. The average Bonchev–Trinajstić information content (AvgIpc) is 2.56. The van der Waals surface area contributed by atoms with Crippen LogP contribution < -0.4 is 0 Å². The highest BCUT2D eigenvalue weighted by molar-refractivity contribution is 5.05. The van der Waals surface area contributed by atoms with E-state index >= 15 is 0 Å². The lowest BCUT2D eigenvalue weighted by Gasteiger charge is -2.32. The fourth-order valence-corrected chi connectivity index (χ4v) is 2.29. The van der Waals surface area contributed by atoms with Crippen molar-refractivity contribution in [2.45, 2.75) is 57.3 Å². The molecule has 0 radical (unpaired) electrons. The summed E-state index contributed by atoms with van der Waals surface area (Å²) in [4.78, 5) is 0. The molecule has 0 aromatic carbocycles. The molecule has 1 aliphatic carbocycles. The number of aliphatic hydroxyl groups is 1. The summed E-state index contributed by atoms with van der Waals surface area (Å²) in [5, 5.41) is 9.81. The molecule has 70 valence electrons. The maximum atomic E-state index is 9.81. The van der Waals surface area contributed by atoms with Crippen molar-refractivity contribution >= 4 is 0 Å². The Morgan fingerprint density at radius 3 is 2.67 bits per heavy atom. The zero-order valence-electron chi connectivity index (χ0n) is 8.13. The highest BCUT2D eigenvalue weighted by atomic mass is 16.6. The van der Waals surface area contributed by atoms with E-state index in [1.54, 1.807) is 0 Å². The second-order valence-electron chi connectivity index (χ2n) is 5.04. The molecule has 2 nitrogen and oxygen atoms in total. The molecule has 0 aromatic rings. The van der Waals surface area contributed by atoms with Crippen LogP contribution >= 0.6 is 0 Å². The Labute approximate surface area is 73.9 Å². The molecule has 1 aliphatic heterocycles. The van der Waals surface area contributed by atoms with E-state index in [1.807, 2.05) is 13.8 Å². The number of rotatable bonds is 1. The SMILES string of the molecule is CC(C)(O)C1CC[C@]2(C)OC2C1. The summed E-state index contributed by atoms with van der Waals surface area (Å²) in [6.45, 7) is 5.99. The minimum absolute atomic E-state index is 0.182. The molecule has 2 heteroatoms. The van der Waals surface area contributed by atoms with Crippen LogP contribution in [-0.4, -0.2) is 22.4 Å². The largest absolute Gasteiger partial charge is 0.390 e. The van der Waals surface area contributed by atoms with Crippen LogP contribution in [0.3, 0.4) is 0 Å². The van der Waals surface area contributed by atoms with Crippen LogP contribution in [0.1, 0.15) is 40.0 Å². The van der Waals surface area contributed by atoms with Crippen molar-refractivity contribution < 1.29 is 9.84 Å². The van der Waals surface area contributed by atoms with Crippen molar-refractivity contribution in [3.8, 4) is 0 Å². The Hall–Kier alpha value is -0.0800. The van der Waals surface area contributed by atoms with Crippen molar-refractivity contribution in [3.05, 3.63) is 0 Å². The van der Waals surface area contributed by atoms with Gasteiger partial charge in [-0.15, -0.1) is 0 Å². The number of ether oxygens (including phenoxy) is 1. The zero-order chi connectivity index (χ0) is 8.98. The van der Waals surface area contributed by atoms with E-state index in [1.165, 1.54) is 0 Å². The standard InChI is InChI=1S/C10H18O2/c1-9(2,11)7-4-5-10(3)8(6-7)12-10/h7-8,11H,4-6H2,1-3H3/t7?,8?,10-/m0/s1. The van der Waals surface area contributed by atoms with Crippen molar-refractivity contribution in [2.75, 3.05) is 0 Å². The minimum atomic E-state index is -0.521. The van der Waals surface area contributed by atoms with Gasteiger partial charge < -0.3 is 9.84 Å². The van der Waals surface area contributed by atoms with Gasteiger partial charge in [0.1, 0.15) is 0 Å². The summed E-state index contributed by atoms with van der Waals surface area (Å²) < 4.78 is 5.58. The van der Waals surface area contributed by atoms with Crippen molar-refractivity contribution in [3.63, 3.8) is 0 Å². The summed E-state index contributed by atoms with van der Waals surface area (Å²) in [6, 6.07) is 0. The molecule has 1 heterocycles. The first-order chi connectivity index (χ1) is 5.42. The molecule has 2 aliphatic rings. The molecule has 2 unspecified atom stereocenters. The molecule has 3 atom stereocenters. The van der Waals surface area contributed by atoms with E-state index in [9.17, 15) is 5.11 Å². The quantitative estimate of drug-likeness (QED) is 0.608. The lowest BCUT2D eigenvalue weighted by Crippen LogP contribution is -2.36. The maximum absolute atomic E-state index is 9.81. The third-order valence-electron chi connectivity index (χ3n) is 3.52. The molecule has 0 amide bonds. The van der Waals surface area contributed by atoms with Crippen molar-refractivity contribution in [2.24, 2.45) is 5.92 Å². The van der Waals surface area contributed by atoms with Gasteiger partial charge in [-0.25, -0.2) is 0 Å². The molecule has 0 bridgehead atoms. The smallest absolute Gasteiger partial charge is 0.0920 e. The topological polar surface area (TPSA) is 32.8 Å². The summed E-state index contributed by atoms with van der Waals surface area (Å²) in [6.07, 6.45) is 3.70. The van der Waals surface area contributed by atoms with Crippen molar-refractivity contribution in [1.29, 1.82) is 0 Å². The van der Waals surface area contributed by atoms with Crippen LogP contribution in [0.4, 0.5) is 0 Å². The lowest BCUT2D eigenvalue weighted by atomic mass is 9.75. The highest BCUT2D eigenvalue weighted by Gasteiger charge is 2.56. The van der Waals surface area contributed by atoms with Crippen LogP contribution in [0.15, 0.2) is 0 Å². The van der Waals surface area contributed by atoms with Crippen LogP contribution in [0, 0.1) is 5.92 Å². The van der Waals surface area contributed by atoms with Gasteiger partial charge in [0.2, 0.25) is 0 Å². The number of fused-ring (bicyclic) bond motifs is 1. The molecule has 0 aromatic heterocycles. The van der Waals surface area contributed by atoms with Gasteiger partial charge in [-0.05, 0) is 46.0 Å². The molecule has 2 fully saturated rings. The second-order valence-corrected chi connectivity index (χ2v) is 5.04. The predicted molar refractivity (Wildman–Crippen MR) is 46.9 cm³/mol. The van der Waals surface area contributed by atoms with Crippen LogP contribution in [0.25, 0.3) is 0 Å². The average molecular weight is 170 g/mol. The van der Waals surface area contributed by atoms with Crippen LogP contribution in [0.2, 0.25) is 0 Å². The third-order valence-corrected chi connectivity index (χ3v) is 3.52. The third kappa shape index (κ3) is 1.27. The summed E-state index contributed by atoms with van der Waals surface area (Å²) >= 11 is 0. The first-order valence-corrected chi connectivity index (χ1v) is 4.82. The molecule has 1 saturated carbocycles. The van der Waals surface area contributed by atoms with Gasteiger partial charge in [0, 0.05) is 0 Å². The second kappa shape index (κ2) is 2.24. The first kappa shape index (κ1) is 8.52. The van der Waals surface area contributed by atoms with Gasteiger partial charge in [-0.3, -0.25) is 0 Å². The van der Waals surface area contributed by atoms with E-state index < -0.39 is 5.60 Å². The maximum Gasteiger partial charge on any atom is 0.0920 e. The van der Waals surface area contributed by atoms with Gasteiger partial charge >= 0.3 is 0 Å². The van der Waals surface area contributed by atoms with E-state index in [-0.39, 0.29) is 5.60 Å². The van der Waals surface area contributed by atoms with Gasteiger partial charge in [0.15, 0.2) is 0 Å². The van der Waals surface area contributed by atoms with Crippen LogP contribution in [0.5, 0.6) is 0 Å². The van der Waals surface area contributed by atoms with Gasteiger partial charge in [-0.2, -0.15) is 0 Å². The predicted octanol–water partition coefficient (Wildman–Crippen LogP) is 1.71. The Morgan fingerprint density at radius 2 is 2.17 bits per heavy atom. The zero-order valence-corrected chi connectivity index (χ0v) is 8.13. The Kier molecular flexibility index (Phi) is 1.59. The molecule has 12 heavy (non-hydrogen) atoms. The van der Waals surface area contributed by atoms with Crippen LogP contribution in [-0.2, 0) is 4.74 Å². The Morgan fingerprint density at radius 1 is 1.50 bits per heavy atom. The Balaban J connectivity index is 1.98. The molecular formula is C10H18O2. The summed E-state index contributed by atoms with van der Waals surface area (Å²) in [5.74, 6) is 0.429. The molecule has 1 N–H and O–H groups in total. The number of epoxide rings is 1. The first-order valence-electron chi connectivity index (χ1n) is 4.82. The van der Waals surface area contributed by atoms with Gasteiger partial charge in [0.05, 0.1) is 17.3 Å². The molecule has 1 saturated heterocycles.